The van der Waals surface area contributed by atoms with Gasteiger partial charge in [0.15, 0.2) is 0 Å². The minimum Gasteiger partial charge on any atom is -0.481 e. The van der Waals surface area contributed by atoms with Gasteiger partial charge in [-0.15, -0.1) is 0 Å². The first kappa shape index (κ1) is 14.0. The zero-order valence-electron chi connectivity index (χ0n) is 11.7. The Balaban J connectivity index is 2.49. The summed E-state index contributed by atoms with van der Waals surface area (Å²) >= 11 is 0. The van der Waals surface area contributed by atoms with Crippen LogP contribution in [0.5, 0.6) is 5.88 Å². The van der Waals surface area contributed by atoms with Crippen molar-refractivity contribution in [2.45, 2.75) is 19.8 Å². The number of ether oxygens (including phenoxy) is 1. The van der Waals surface area contributed by atoms with Crippen molar-refractivity contribution < 1.29 is 9.66 Å². The third-order valence-electron chi connectivity index (χ3n) is 3.13. The highest BCUT2D eigenvalue weighted by molar-refractivity contribution is 5.71. The average molecular weight is 272 g/mol. The molecule has 0 aliphatic heterocycles. The molecule has 0 saturated heterocycles. The lowest BCUT2D eigenvalue weighted by molar-refractivity contribution is -0.385. The van der Waals surface area contributed by atoms with E-state index in [1.165, 1.54) is 24.9 Å². The van der Waals surface area contributed by atoms with Crippen LogP contribution in [0.3, 0.4) is 0 Å². The molecule has 1 aromatic heterocycles. The Morgan fingerprint density at radius 2 is 1.90 bits per heavy atom. The van der Waals surface area contributed by atoms with Gasteiger partial charge in [-0.25, -0.2) is 4.98 Å². The van der Waals surface area contributed by atoms with Crippen LogP contribution in [0, 0.1) is 10.1 Å². The molecule has 5 heteroatoms. The van der Waals surface area contributed by atoms with Gasteiger partial charge in [-0.05, 0) is 17.0 Å². The molecule has 1 heterocycles. The Kier molecular flexibility index (Phi) is 3.98. The van der Waals surface area contributed by atoms with Crippen LogP contribution in [0.25, 0.3) is 11.1 Å². The van der Waals surface area contributed by atoms with E-state index in [2.05, 4.69) is 18.8 Å². The second-order valence-electron chi connectivity index (χ2n) is 4.78. The molecule has 0 aliphatic rings. The molecule has 2 rings (SSSR count). The zero-order chi connectivity index (χ0) is 14.7. The molecule has 0 N–H and O–H groups in total. The summed E-state index contributed by atoms with van der Waals surface area (Å²) < 4.78 is 5.18. The normalized spacial score (nSPS) is 10.6. The molecule has 0 saturated carbocycles. The summed E-state index contributed by atoms with van der Waals surface area (Å²) in [5.41, 5.74) is 2.64. The highest BCUT2D eigenvalue weighted by atomic mass is 16.6. The molecule has 20 heavy (non-hydrogen) atoms. The van der Waals surface area contributed by atoms with Crippen LogP contribution in [-0.2, 0) is 0 Å². The predicted octanol–water partition coefficient (Wildman–Crippen LogP) is 3.79. The number of rotatable bonds is 4. The molecule has 1 aromatic carbocycles. The van der Waals surface area contributed by atoms with Gasteiger partial charge in [0.2, 0.25) is 5.88 Å². The zero-order valence-corrected chi connectivity index (χ0v) is 11.7. The van der Waals surface area contributed by atoms with Crippen LogP contribution in [0.1, 0.15) is 25.3 Å². The van der Waals surface area contributed by atoms with E-state index in [-0.39, 0.29) is 5.69 Å². The molecular formula is C15H16N2O3. The Hall–Kier alpha value is -2.43. The molecule has 104 valence electrons. The first-order valence-electron chi connectivity index (χ1n) is 6.31. The van der Waals surface area contributed by atoms with Crippen molar-refractivity contribution in [1.82, 2.24) is 4.98 Å². The fourth-order valence-electron chi connectivity index (χ4n) is 1.96. The largest absolute Gasteiger partial charge is 0.481 e. The number of hydrogen-bond acceptors (Lipinski definition) is 4. The van der Waals surface area contributed by atoms with Gasteiger partial charge >= 0.3 is 0 Å². The van der Waals surface area contributed by atoms with Crippen molar-refractivity contribution in [3.63, 3.8) is 0 Å². The topological polar surface area (TPSA) is 65.3 Å². The Labute approximate surface area is 117 Å². The molecular weight excluding hydrogens is 256 g/mol. The van der Waals surface area contributed by atoms with Crippen LogP contribution in [0.4, 0.5) is 5.69 Å². The lowest BCUT2D eigenvalue weighted by Gasteiger charge is -2.09. The third kappa shape index (κ3) is 2.77. The number of benzene rings is 1. The minimum absolute atomic E-state index is 0.0475. The average Bonchev–Trinajstić information content (AvgIpc) is 2.46. The minimum atomic E-state index is -0.460. The lowest BCUT2D eigenvalue weighted by atomic mass is 9.99. The maximum absolute atomic E-state index is 10.9. The van der Waals surface area contributed by atoms with E-state index in [9.17, 15) is 10.1 Å². The summed E-state index contributed by atoms with van der Waals surface area (Å²) in [4.78, 5) is 14.4. The summed E-state index contributed by atoms with van der Waals surface area (Å²) in [6.45, 7) is 4.23. The molecule has 0 unspecified atom stereocenters. The number of hydrogen-bond donors (Lipinski definition) is 0. The van der Waals surface area contributed by atoms with Crippen LogP contribution >= 0.6 is 0 Å². The van der Waals surface area contributed by atoms with E-state index in [1.807, 2.05) is 24.3 Å². The van der Waals surface area contributed by atoms with Crippen LogP contribution in [0.15, 0.2) is 36.5 Å². The second-order valence-corrected chi connectivity index (χ2v) is 4.78. The first-order valence-corrected chi connectivity index (χ1v) is 6.31. The fraction of sp³-hybridized carbons (Fsp3) is 0.267. The van der Waals surface area contributed by atoms with Crippen LogP contribution in [0.2, 0.25) is 0 Å². The summed E-state index contributed by atoms with van der Waals surface area (Å²) in [6, 6.07) is 9.37. The fourth-order valence-corrected chi connectivity index (χ4v) is 1.96. The number of nitrogens with zero attached hydrogens (tertiary/aromatic N) is 2. The van der Waals surface area contributed by atoms with Crippen molar-refractivity contribution in [2.24, 2.45) is 0 Å². The second kappa shape index (κ2) is 5.69. The highest BCUT2D eigenvalue weighted by Crippen LogP contribution is 2.31. The SMILES string of the molecule is COc1ncc([N+](=O)[O-])cc1-c1ccc(C(C)C)cc1. The van der Waals surface area contributed by atoms with E-state index in [4.69, 9.17) is 4.74 Å². The van der Waals surface area contributed by atoms with Gasteiger partial charge in [0.1, 0.15) is 6.20 Å². The molecule has 0 fully saturated rings. The first-order chi connectivity index (χ1) is 9.52. The third-order valence-corrected chi connectivity index (χ3v) is 3.13. The molecule has 0 atom stereocenters. The summed E-state index contributed by atoms with van der Waals surface area (Å²) in [5, 5.41) is 10.9. The Bertz CT molecular complexity index is 622. The van der Waals surface area contributed by atoms with E-state index in [0.29, 0.717) is 17.4 Å². The van der Waals surface area contributed by atoms with Crippen LogP contribution < -0.4 is 4.74 Å². The highest BCUT2D eigenvalue weighted by Gasteiger charge is 2.14. The Morgan fingerprint density at radius 3 is 2.40 bits per heavy atom. The monoisotopic (exact) mass is 272 g/mol. The summed E-state index contributed by atoms with van der Waals surface area (Å²) in [5.74, 6) is 0.821. The van der Waals surface area contributed by atoms with Gasteiger partial charge in [0.25, 0.3) is 5.69 Å². The molecule has 2 aromatic rings. The maximum Gasteiger partial charge on any atom is 0.288 e. The van der Waals surface area contributed by atoms with Crippen molar-refractivity contribution in [1.29, 1.82) is 0 Å². The van der Waals surface area contributed by atoms with Crippen LogP contribution in [-0.4, -0.2) is 17.0 Å². The van der Waals surface area contributed by atoms with Gasteiger partial charge in [-0.3, -0.25) is 10.1 Å². The van der Waals surface area contributed by atoms with E-state index in [0.717, 1.165) is 5.56 Å². The van der Waals surface area contributed by atoms with Crippen molar-refractivity contribution in [3.8, 4) is 17.0 Å². The lowest BCUT2D eigenvalue weighted by Crippen LogP contribution is -1.95. The van der Waals surface area contributed by atoms with Gasteiger partial charge < -0.3 is 4.74 Å². The molecule has 0 amide bonds. The van der Waals surface area contributed by atoms with E-state index >= 15 is 0 Å². The van der Waals surface area contributed by atoms with Gasteiger partial charge in [-0.1, -0.05) is 38.1 Å². The number of nitro groups is 1. The number of pyridine rings is 1. The summed E-state index contributed by atoms with van der Waals surface area (Å²) in [7, 11) is 1.50. The number of methoxy groups -OCH3 is 1. The molecule has 0 bridgehead atoms. The number of aromatic nitrogens is 1. The van der Waals surface area contributed by atoms with E-state index in [1.54, 1.807) is 0 Å². The molecule has 0 radical (unpaired) electrons. The van der Waals surface area contributed by atoms with Crippen molar-refractivity contribution in [2.75, 3.05) is 7.11 Å². The van der Waals surface area contributed by atoms with Gasteiger partial charge in [-0.2, -0.15) is 0 Å². The standard InChI is InChI=1S/C15H16N2O3/c1-10(2)11-4-6-12(7-5-11)14-8-13(17(18)19)9-16-15(14)20-3/h4-10H,1-3H3. The Morgan fingerprint density at radius 1 is 1.25 bits per heavy atom. The molecule has 0 aliphatic carbocycles. The van der Waals surface area contributed by atoms with E-state index < -0.39 is 4.92 Å². The predicted molar refractivity (Wildman–Crippen MR) is 77.0 cm³/mol. The van der Waals surface area contributed by atoms with Crippen molar-refractivity contribution in [3.05, 3.63) is 52.2 Å². The maximum atomic E-state index is 10.9. The molecule has 5 nitrogen and oxygen atoms in total. The smallest absolute Gasteiger partial charge is 0.288 e. The molecule has 0 spiro atoms. The summed E-state index contributed by atoms with van der Waals surface area (Å²) in [6.07, 6.45) is 1.20. The van der Waals surface area contributed by atoms with Crippen molar-refractivity contribution >= 4 is 5.69 Å². The quantitative estimate of drug-likeness (QED) is 0.627. The van der Waals surface area contributed by atoms with Gasteiger partial charge in [0, 0.05) is 6.07 Å². The van der Waals surface area contributed by atoms with Gasteiger partial charge in [0.05, 0.1) is 17.6 Å².